The van der Waals surface area contributed by atoms with E-state index in [0.29, 0.717) is 0 Å². The molecule has 0 saturated carbocycles. The van der Waals surface area contributed by atoms with Crippen LogP contribution in [0.2, 0.25) is 0 Å². The van der Waals surface area contributed by atoms with Crippen LogP contribution < -0.4 is 5.73 Å². The van der Waals surface area contributed by atoms with Crippen LogP contribution in [0.15, 0.2) is 12.2 Å². The first-order chi connectivity index (χ1) is 5.61. The van der Waals surface area contributed by atoms with Gasteiger partial charge in [-0.3, -0.25) is 0 Å². The highest BCUT2D eigenvalue weighted by atomic mass is 16.5. The maximum Gasteiger partial charge on any atom is 0.0726 e. The third-order valence-corrected chi connectivity index (χ3v) is 1.84. The van der Waals surface area contributed by atoms with Crippen LogP contribution in [0.4, 0.5) is 0 Å². The molecule has 0 aliphatic rings. The molecule has 0 amide bonds. The van der Waals surface area contributed by atoms with Crippen molar-refractivity contribution in [2.24, 2.45) is 5.73 Å². The lowest BCUT2D eigenvalue weighted by molar-refractivity contribution is 0.0417. The van der Waals surface area contributed by atoms with Gasteiger partial charge in [-0.05, 0) is 26.7 Å². The van der Waals surface area contributed by atoms with Crippen molar-refractivity contribution in [1.82, 2.24) is 0 Å². The van der Waals surface area contributed by atoms with E-state index >= 15 is 0 Å². The number of rotatable bonds is 6. The molecule has 0 heterocycles. The third-order valence-electron chi connectivity index (χ3n) is 1.84. The molecule has 0 aromatic carbocycles. The normalized spacial score (nSPS) is 15.7. The van der Waals surface area contributed by atoms with Gasteiger partial charge < -0.3 is 10.5 Å². The Kier molecular flexibility index (Phi) is 6.03. The summed E-state index contributed by atoms with van der Waals surface area (Å²) < 4.78 is 5.49. The second-order valence-corrected chi connectivity index (χ2v) is 3.23. The second-order valence-electron chi connectivity index (χ2n) is 3.23. The predicted octanol–water partition coefficient (Wildman–Crippen LogP) is 2.09. The molecule has 0 aromatic rings. The number of nitrogens with two attached hydrogens (primary N) is 1. The first kappa shape index (κ1) is 11.7. The van der Waals surface area contributed by atoms with E-state index in [2.05, 4.69) is 13.5 Å². The molecule has 2 heteroatoms. The van der Waals surface area contributed by atoms with Crippen LogP contribution in [-0.4, -0.2) is 18.8 Å². The minimum Gasteiger partial charge on any atom is -0.377 e. The summed E-state index contributed by atoms with van der Waals surface area (Å²) in [6.07, 6.45) is 2.02. The zero-order chi connectivity index (χ0) is 9.56. The first-order valence-corrected chi connectivity index (χ1v) is 4.63. The second kappa shape index (κ2) is 6.21. The largest absolute Gasteiger partial charge is 0.377 e. The van der Waals surface area contributed by atoms with Gasteiger partial charge in [-0.15, -0.1) is 6.58 Å². The summed E-state index contributed by atoms with van der Waals surface area (Å²) in [7, 11) is 0. The lowest BCUT2D eigenvalue weighted by Crippen LogP contribution is -2.36. The van der Waals surface area contributed by atoms with Crippen LogP contribution in [-0.2, 0) is 4.74 Å². The Bertz CT molecular complexity index is 134. The summed E-state index contributed by atoms with van der Waals surface area (Å²) in [6.45, 7) is 10.7. The Labute approximate surface area is 75.8 Å². The van der Waals surface area contributed by atoms with Crippen LogP contribution in [0, 0.1) is 0 Å². The van der Waals surface area contributed by atoms with Crippen molar-refractivity contribution >= 4 is 0 Å². The molecule has 2 unspecified atom stereocenters. The highest BCUT2D eigenvalue weighted by Crippen LogP contribution is 2.09. The van der Waals surface area contributed by atoms with E-state index in [1.807, 2.05) is 13.8 Å². The van der Waals surface area contributed by atoms with E-state index < -0.39 is 0 Å². The van der Waals surface area contributed by atoms with Gasteiger partial charge >= 0.3 is 0 Å². The van der Waals surface area contributed by atoms with E-state index in [0.717, 1.165) is 25.0 Å². The zero-order valence-electron chi connectivity index (χ0n) is 8.47. The SMILES string of the molecule is C=C(C)CC(N)C(CC)OCC. The Morgan fingerprint density at radius 3 is 2.42 bits per heavy atom. The van der Waals surface area contributed by atoms with Crippen molar-refractivity contribution in [2.75, 3.05) is 6.61 Å². The summed E-state index contributed by atoms with van der Waals surface area (Å²) in [5, 5.41) is 0. The van der Waals surface area contributed by atoms with E-state index in [-0.39, 0.29) is 12.1 Å². The summed E-state index contributed by atoms with van der Waals surface area (Å²) in [5.74, 6) is 0. The highest BCUT2D eigenvalue weighted by Gasteiger charge is 2.15. The Balaban J connectivity index is 3.84. The lowest BCUT2D eigenvalue weighted by Gasteiger charge is -2.22. The van der Waals surface area contributed by atoms with Crippen molar-refractivity contribution in [1.29, 1.82) is 0 Å². The van der Waals surface area contributed by atoms with Crippen LogP contribution in [0.1, 0.15) is 33.6 Å². The molecule has 12 heavy (non-hydrogen) atoms. The van der Waals surface area contributed by atoms with Gasteiger partial charge in [0.15, 0.2) is 0 Å². The quantitative estimate of drug-likeness (QED) is 0.621. The number of hydrogen-bond acceptors (Lipinski definition) is 2. The molecule has 2 N–H and O–H groups in total. The molecule has 0 rings (SSSR count). The molecule has 0 aliphatic heterocycles. The molecule has 0 fully saturated rings. The van der Waals surface area contributed by atoms with Crippen molar-refractivity contribution in [3.8, 4) is 0 Å². The fourth-order valence-electron chi connectivity index (χ4n) is 1.29. The minimum atomic E-state index is 0.104. The maximum absolute atomic E-state index is 5.93. The molecule has 0 radical (unpaired) electrons. The highest BCUT2D eigenvalue weighted by molar-refractivity contribution is 4.94. The van der Waals surface area contributed by atoms with Crippen LogP contribution in [0.3, 0.4) is 0 Å². The molecule has 0 bridgehead atoms. The number of hydrogen-bond donors (Lipinski definition) is 1. The Morgan fingerprint density at radius 2 is 2.08 bits per heavy atom. The van der Waals surface area contributed by atoms with Gasteiger partial charge in [0.1, 0.15) is 0 Å². The molecule has 0 spiro atoms. The van der Waals surface area contributed by atoms with Crippen molar-refractivity contribution in [3.63, 3.8) is 0 Å². The van der Waals surface area contributed by atoms with Gasteiger partial charge in [-0.25, -0.2) is 0 Å². The van der Waals surface area contributed by atoms with E-state index in [4.69, 9.17) is 10.5 Å². The minimum absolute atomic E-state index is 0.104. The smallest absolute Gasteiger partial charge is 0.0726 e. The molecule has 0 aliphatic carbocycles. The van der Waals surface area contributed by atoms with Crippen LogP contribution >= 0.6 is 0 Å². The molecule has 2 nitrogen and oxygen atoms in total. The van der Waals surface area contributed by atoms with E-state index in [1.165, 1.54) is 0 Å². The van der Waals surface area contributed by atoms with Gasteiger partial charge in [0.2, 0.25) is 0 Å². The summed E-state index contributed by atoms with van der Waals surface area (Å²) in [6, 6.07) is 0.104. The standard InChI is InChI=1S/C10H21NO/c1-5-10(12-6-2)9(11)7-8(3)4/h9-10H,3,5-7,11H2,1-2,4H3. The monoisotopic (exact) mass is 171 g/mol. The molecule has 0 saturated heterocycles. The average molecular weight is 171 g/mol. The number of ether oxygens (including phenoxy) is 1. The van der Waals surface area contributed by atoms with Gasteiger partial charge in [-0.1, -0.05) is 12.5 Å². The maximum atomic E-state index is 5.93. The fraction of sp³-hybridized carbons (Fsp3) is 0.800. The summed E-state index contributed by atoms with van der Waals surface area (Å²) in [5.41, 5.74) is 7.06. The summed E-state index contributed by atoms with van der Waals surface area (Å²) in [4.78, 5) is 0. The van der Waals surface area contributed by atoms with Crippen molar-refractivity contribution in [3.05, 3.63) is 12.2 Å². The van der Waals surface area contributed by atoms with Crippen LogP contribution in [0.5, 0.6) is 0 Å². The van der Waals surface area contributed by atoms with Gasteiger partial charge in [-0.2, -0.15) is 0 Å². The molecule has 0 aromatic heterocycles. The van der Waals surface area contributed by atoms with Gasteiger partial charge in [0.05, 0.1) is 6.10 Å². The molecular formula is C10H21NO. The van der Waals surface area contributed by atoms with Gasteiger partial charge in [0.25, 0.3) is 0 Å². The van der Waals surface area contributed by atoms with Gasteiger partial charge in [0, 0.05) is 12.6 Å². The van der Waals surface area contributed by atoms with E-state index in [1.54, 1.807) is 0 Å². The lowest BCUT2D eigenvalue weighted by atomic mass is 10.0. The average Bonchev–Trinajstić information content (AvgIpc) is 1.98. The Hall–Kier alpha value is -0.340. The van der Waals surface area contributed by atoms with Crippen molar-refractivity contribution < 1.29 is 4.74 Å². The fourth-order valence-corrected chi connectivity index (χ4v) is 1.29. The zero-order valence-corrected chi connectivity index (χ0v) is 8.47. The topological polar surface area (TPSA) is 35.2 Å². The van der Waals surface area contributed by atoms with E-state index in [9.17, 15) is 0 Å². The van der Waals surface area contributed by atoms with Crippen LogP contribution in [0.25, 0.3) is 0 Å². The first-order valence-electron chi connectivity index (χ1n) is 4.63. The molecule has 72 valence electrons. The molecule has 2 atom stereocenters. The Morgan fingerprint density at radius 1 is 1.50 bits per heavy atom. The third kappa shape index (κ3) is 4.52. The molecular weight excluding hydrogens is 150 g/mol. The van der Waals surface area contributed by atoms with Crippen molar-refractivity contribution in [2.45, 2.75) is 45.8 Å². The predicted molar refractivity (Wildman–Crippen MR) is 53.1 cm³/mol. The summed E-state index contributed by atoms with van der Waals surface area (Å²) >= 11 is 0.